The van der Waals surface area contributed by atoms with Crippen molar-refractivity contribution in [2.24, 2.45) is 0 Å². The van der Waals surface area contributed by atoms with E-state index in [-0.39, 0.29) is 6.61 Å². The van der Waals surface area contributed by atoms with E-state index in [0.29, 0.717) is 11.2 Å². The number of hydrogen-bond acceptors (Lipinski definition) is 8. The highest BCUT2D eigenvalue weighted by Gasteiger charge is 2.44. The molecule has 0 aromatic carbocycles. The largest absolute Gasteiger partial charge is 0.394 e. The highest BCUT2D eigenvalue weighted by atomic mass is 32.1. The van der Waals surface area contributed by atoms with Gasteiger partial charge in [0.15, 0.2) is 11.9 Å². The summed E-state index contributed by atoms with van der Waals surface area (Å²) in [7, 11) is 0. The summed E-state index contributed by atoms with van der Waals surface area (Å²) >= 11 is 3.39. The first-order valence-electron chi connectivity index (χ1n) is 8.75. The molecule has 9 heteroatoms. The molecule has 1 aliphatic heterocycles. The van der Waals surface area contributed by atoms with Crippen molar-refractivity contribution in [3.63, 3.8) is 0 Å². The maximum Gasteiger partial charge on any atom is 0.165 e. The number of pyridine rings is 1. The average molecular weight is 415 g/mol. The van der Waals surface area contributed by atoms with Crippen LogP contribution >= 0.6 is 22.7 Å². The first kappa shape index (κ1) is 17.9. The smallest absolute Gasteiger partial charge is 0.165 e. The van der Waals surface area contributed by atoms with Crippen LogP contribution in [0.4, 0.5) is 0 Å². The normalized spacial score (nSPS) is 25.0. The summed E-state index contributed by atoms with van der Waals surface area (Å²) < 4.78 is 7.23. The van der Waals surface area contributed by atoms with E-state index in [0.717, 1.165) is 10.4 Å². The van der Waals surface area contributed by atoms with Gasteiger partial charge in [0.05, 0.1) is 12.9 Å². The fourth-order valence-corrected chi connectivity index (χ4v) is 5.33. The summed E-state index contributed by atoms with van der Waals surface area (Å²) in [6.45, 7) is -0.374. The molecule has 0 amide bonds. The summed E-state index contributed by atoms with van der Waals surface area (Å²) in [5.74, 6) is 0. The molecule has 4 aromatic heterocycles. The molecule has 1 aliphatic rings. The molecule has 4 aromatic rings. The van der Waals surface area contributed by atoms with Crippen LogP contribution < -0.4 is 0 Å². The van der Waals surface area contributed by atoms with Crippen LogP contribution in [0, 0.1) is 0 Å². The summed E-state index contributed by atoms with van der Waals surface area (Å²) in [6.07, 6.45) is -0.790. The lowest BCUT2D eigenvalue weighted by atomic mass is 10.1. The van der Waals surface area contributed by atoms with Crippen LogP contribution in [0.5, 0.6) is 0 Å². The molecule has 0 bridgehead atoms. The molecule has 1 fully saturated rings. The number of rotatable bonds is 4. The molecule has 0 spiro atoms. The van der Waals surface area contributed by atoms with Gasteiger partial charge in [-0.1, -0.05) is 6.07 Å². The van der Waals surface area contributed by atoms with E-state index in [4.69, 9.17) is 4.74 Å². The fraction of sp³-hybridized carbons (Fsp3) is 0.263. The van der Waals surface area contributed by atoms with Crippen LogP contribution in [0.2, 0.25) is 0 Å². The molecular weight excluding hydrogens is 398 g/mol. The molecule has 1 saturated heterocycles. The van der Waals surface area contributed by atoms with Crippen LogP contribution in [0.25, 0.3) is 31.4 Å². The standard InChI is InChI=1S/C19H17N3O4S2/c23-8-11-16(24)17(25)19(26-11)22-9-21-15-10(5-6-20-18(15)22)12-3-4-14(28-12)13-2-1-7-27-13/h1-7,9,11,16-17,19,23-25H,8H2/t11-,16?,17?,19-/m1/s1. The summed E-state index contributed by atoms with van der Waals surface area (Å²) in [6, 6.07) is 10.2. The Labute approximate surface area is 168 Å². The Morgan fingerprint density at radius 2 is 1.89 bits per heavy atom. The topological polar surface area (TPSA) is 101 Å². The molecule has 0 saturated carbocycles. The second-order valence-corrected chi connectivity index (χ2v) is 8.58. The number of aliphatic hydroxyl groups is 3. The van der Waals surface area contributed by atoms with Gasteiger partial charge in [-0.25, -0.2) is 9.97 Å². The van der Waals surface area contributed by atoms with E-state index in [1.165, 1.54) is 9.75 Å². The zero-order valence-corrected chi connectivity index (χ0v) is 16.2. The maximum atomic E-state index is 10.3. The Morgan fingerprint density at radius 1 is 1.04 bits per heavy atom. The number of fused-ring (bicyclic) bond motifs is 1. The molecule has 0 aliphatic carbocycles. The molecule has 0 radical (unpaired) electrons. The quantitative estimate of drug-likeness (QED) is 0.474. The Bertz CT molecular complexity index is 1110. The lowest BCUT2D eigenvalue weighted by molar-refractivity contribution is -0.0511. The predicted octanol–water partition coefficient (Wildman–Crippen LogP) is 2.50. The van der Waals surface area contributed by atoms with Gasteiger partial charge < -0.3 is 20.1 Å². The minimum atomic E-state index is -1.17. The Kier molecular flexibility index (Phi) is 4.50. The average Bonchev–Trinajstić information content (AvgIpc) is 3.49. The SMILES string of the molecule is OC[C@H]1O[C@@H](n2cnc3c(-c4ccc(-c5cccs5)s4)ccnc32)C(O)C1O. The third kappa shape index (κ3) is 2.79. The van der Waals surface area contributed by atoms with Crippen molar-refractivity contribution in [2.45, 2.75) is 24.5 Å². The number of nitrogens with zero attached hydrogens (tertiary/aromatic N) is 3. The predicted molar refractivity (Wildman–Crippen MR) is 107 cm³/mol. The molecule has 4 atom stereocenters. The Morgan fingerprint density at radius 3 is 2.64 bits per heavy atom. The minimum absolute atomic E-state index is 0.374. The third-order valence-corrected chi connectivity index (χ3v) is 7.07. The van der Waals surface area contributed by atoms with Crippen molar-refractivity contribution >= 4 is 33.8 Å². The Balaban J connectivity index is 1.55. The van der Waals surface area contributed by atoms with Crippen molar-refractivity contribution in [2.75, 3.05) is 6.61 Å². The fourth-order valence-electron chi connectivity index (χ4n) is 3.46. The maximum absolute atomic E-state index is 10.3. The highest BCUT2D eigenvalue weighted by molar-refractivity contribution is 7.23. The zero-order valence-electron chi connectivity index (χ0n) is 14.5. The van der Waals surface area contributed by atoms with Crippen molar-refractivity contribution in [1.29, 1.82) is 0 Å². The van der Waals surface area contributed by atoms with Gasteiger partial charge in [-0.3, -0.25) is 4.57 Å². The van der Waals surface area contributed by atoms with Gasteiger partial charge in [-0.2, -0.15) is 0 Å². The molecule has 7 nitrogen and oxygen atoms in total. The van der Waals surface area contributed by atoms with Gasteiger partial charge in [0, 0.05) is 26.4 Å². The van der Waals surface area contributed by atoms with E-state index in [1.807, 2.05) is 12.1 Å². The minimum Gasteiger partial charge on any atom is -0.394 e. The number of aromatic nitrogens is 3. The van der Waals surface area contributed by atoms with Gasteiger partial charge in [0.2, 0.25) is 0 Å². The van der Waals surface area contributed by atoms with Crippen LogP contribution in [0.3, 0.4) is 0 Å². The molecule has 5 heterocycles. The first-order valence-corrected chi connectivity index (χ1v) is 10.4. The molecule has 3 N–H and O–H groups in total. The highest BCUT2D eigenvalue weighted by Crippen LogP contribution is 2.39. The van der Waals surface area contributed by atoms with Crippen LogP contribution in [0.1, 0.15) is 6.23 Å². The van der Waals surface area contributed by atoms with Gasteiger partial charge in [0.1, 0.15) is 23.8 Å². The molecule has 144 valence electrons. The first-order chi connectivity index (χ1) is 13.7. The van der Waals surface area contributed by atoms with Crippen LogP contribution in [-0.2, 0) is 4.74 Å². The van der Waals surface area contributed by atoms with E-state index in [2.05, 4.69) is 33.5 Å². The van der Waals surface area contributed by atoms with E-state index < -0.39 is 24.5 Å². The molecule has 5 rings (SSSR count). The van der Waals surface area contributed by atoms with E-state index >= 15 is 0 Å². The second-order valence-electron chi connectivity index (χ2n) is 6.55. The van der Waals surface area contributed by atoms with Crippen LogP contribution in [-0.4, -0.2) is 54.8 Å². The van der Waals surface area contributed by atoms with Crippen molar-refractivity contribution in [3.8, 4) is 20.2 Å². The lowest BCUT2D eigenvalue weighted by Gasteiger charge is -2.16. The number of aliphatic hydroxyl groups excluding tert-OH is 3. The molecule has 2 unspecified atom stereocenters. The molecular formula is C19H17N3O4S2. The lowest BCUT2D eigenvalue weighted by Crippen LogP contribution is -2.33. The number of thiophene rings is 2. The number of ether oxygens (including phenoxy) is 1. The van der Waals surface area contributed by atoms with Crippen LogP contribution in [0.15, 0.2) is 48.2 Å². The second kappa shape index (κ2) is 7.03. The van der Waals surface area contributed by atoms with Crippen molar-refractivity contribution in [3.05, 3.63) is 48.2 Å². The number of imidazole rings is 1. The number of hydrogen-bond donors (Lipinski definition) is 3. The Hall–Kier alpha value is -2.14. The third-order valence-electron chi connectivity index (χ3n) is 4.89. The van der Waals surface area contributed by atoms with Gasteiger partial charge >= 0.3 is 0 Å². The zero-order chi connectivity index (χ0) is 19.3. The van der Waals surface area contributed by atoms with E-state index in [9.17, 15) is 15.3 Å². The van der Waals surface area contributed by atoms with Crippen molar-refractivity contribution in [1.82, 2.24) is 14.5 Å². The van der Waals surface area contributed by atoms with Gasteiger partial charge in [-0.15, -0.1) is 22.7 Å². The molecule has 28 heavy (non-hydrogen) atoms. The van der Waals surface area contributed by atoms with Gasteiger partial charge in [-0.05, 0) is 29.6 Å². The summed E-state index contributed by atoms with van der Waals surface area (Å²) in [5, 5.41) is 31.7. The van der Waals surface area contributed by atoms with E-state index in [1.54, 1.807) is 39.8 Å². The monoisotopic (exact) mass is 415 g/mol. The van der Waals surface area contributed by atoms with Crippen molar-refractivity contribution < 1.29 is 20.1 Å². The summed E-state index contributed by atoms with van der Waals surface area (Å²) in [5.41, 5.74) is 2.20. The van der Waals surface area contributed by atoms with Gasteiger partial charge in [0.25, 0.3) is 0 Å². The summed E-state index contributed by atoms with van der Waals surface area (Å²) in [4.78, 5) is 12.4.